The van der Waals surface area contributed by atoms with E-state index in [9.17, 15) is 4.79 Å². The summed E-state index contributed by atoms with van der Waals surface area (Å²) < 4.78 is 0. The second-order valence-corrected chi connectivity index (χ2v) is 8.06. The van der Waals surface area contributed by atoms with Gasteiger partial charge in [-0.1, -0.05) is 47.1 Å². The standard InChI is InChI=1S/C18H17Cl2N3OS/c1-18(6-7-25-17(21)23-18)13-8-11(2-4-14(13)20)9-16(24)15-5-3-12(19)10-22-15/h2-5,8,10H,6-7,9H2,1H3,(H2,21,23). The van der Waals surface area contributed by atoms with Crippen molar-refractivity contribution in [2.24, 2.45) is 10.7 Å². The molecule has 1 aromatic heterocycles. The van der Waals surface area contributed by atoms with Crippen molar-refractivity contribution in [2.75, 3.05) is 5.75 Å². The summed E-state index contributed by atoms with van der Waals surface area (Å²) in [6, 6.07) is 8.91. The number of halogens is 2. The molecule has 2 N–H and O–H groups in total. The molecule has 0 amide bonds. The van der Waals surface area contributed by atoms with E-state index in [4.69, 9.17) is 28.9 Å². The van der Waals surface area contributed by atoms with Gasteiger partial charge >= 0.3 is 0 Å². The topological polar surface area (TPSA) is 68.3 Å². The van der Waals surface area contributed by atoms with Gasteiger partial charge < -0.3 is 5.73 Å². The lowest BCUT2D eigenvalue weighted by molar-refractivity contribution is 0.0988. The smallest absolute Gasteiger partial charge is 0.185 e. The van der Waals surface area contributed by atoms with E-state index in [1.165, 1.54) is 6.20 Å². The molecule has 0 saturated heterocycles. The first kappa shape index (κ1) is 18.2. The summed E-state index contributed by atoms with van der Waals surface area (Å²) in [6.07, 6.45) is 2.55. The van der Waals surface area contributed by atoms with Crippen LogP contribution in [-0.4, -0.2) is 21.7 Å². The summed E-state index contributed by atoms with van der Waals surface area (Å²) in [6.45, 7) is 2.02. The van der Waals surface area contributed by atoms with Crippen molar-refractivity contribution in [1.82, 2.24) is 4.98 Å². The Morgan fingerprint density at radius 2 is 2.12 bits per heavy atom. The van der Waals surface area contributed by atoms with Crippen LogP contribution >= 0.6 is 35.0 Å². The van der Waals surface area contributed by atoms with Crippen molar-refractivity contribution in [3.05, 3.63) is 63.4 Å². The summed E-state index contributed by atoms with van der Waals surface area (Å²) in [5, 5.41) is 1.70. The molecule has 0 bridgehead atoms. The molecule has 1 atom stereocenters. The van der Waals surface area contributed by atoms with Crippen molar-refractivity contribution >= 4 is 45.9 Å². The highest BCUT2D eigenvalue weighted by Gasteiger charge is 2.31. The largest absolute Gasteiger partial charge is 0.379 e. The van der Waals surface area contributed by atoms with Crippen LogP contribution in [0, 0.1) is 0 Å². The minimum atomic E-state index is -0.468. The third-order valence-electron chi connectivity index (χ3n) is 4.18. The van der Waals surface area contributed by atoms with Crippen LogP contribution in [0.4, 0.5) is 0 Å². The van der Waals surface area contributed by atoms with E-state index >= 15 is 0 Å². The molecule has 3 rings (SSSR count). The van der Waals surface area contributed by atoms with E-state index in [0.29, 0.717) is 20.9 Å². The molecule has 1 aliphatic heterocycles. The Labute approximate surface area is 160 Å². The van der Waals surface area contributed by atoms with E-state index in [1.807, 2.05) is 25.1 Å². The highest BCUT2D eigenvalue weighted by atomic mass is 35.5. The summed E-state index contributed by atoms with van der Waals surface area (Å²) in [5.74, 6) is 0.817. The van der Waals surface area contributed by atoms with Gasteiger partial charge in [-0.2, -0.15) is 0 Å². The maximum atomic E-state index is 12.4. The molecule has 0 saturated carbocycles. The van der Waals surface area contributed by atoms with Gasteiger partial charge in [0, 0.05) is 23.4 Å². The van der Waals surface area contributed by atoms with Crippen LogP contribution in [-0.2, 0) is 12.0 Å². The summed E-state index contributed by atoms with van der Waals surface area (Å²) in [5.41, 5.74) is 7.59. The Morgan fingerprint density at radius 1 is 1.32 bits per heavy atom. The molecule has 7 heteroatoms. The number of benzene rings is 1. The van der Waals surface area contributed by atoms with Gasteiger partial charge in [-0.3, -0.25) is 14.8 Å². The number of pyridine rings is 1. The lowest BCUT2D eigenvalue weighted by Crippen LogP contribution is -2.29. The van der Waals surface area contributed by atoms with E-state index in [0.717, 1.165) is 23.3 Å². The van der Waals surface area contributed by atoms with Gasteiger partial charge in [0.05, 0.1) is 10.6 Å². The number of carbonyl (C=O) groups excluding carboxylic acids is 1. The van der Waals surface area contributed by atoms with Gasteiger partial charge in [0.25, 0.3) is 0 Å². The predicted octanol–water partition coefficient (Wildman–Crippen LogP) is 4.48. The van der Waals surface area contributed by atoms with Crippen LogP contribution < -0.4 is 5.73 Å². The van der Waals surface area contributed by atoms with Gasteiger partial charge in [-0.25, -0.2) is 0 Å². The Balaban J connectivity index is 1.88. The van der Waals surface area contributed by atoms with Crippen LogP contribution in [0.25, 0.3) is 0 Å². The first-order valence-corrected chi connectivity index (χ1v) is 9.53. The van der Waals surface area contributed by atoms with Crippen molar-refractivity contribution < 1.29 is 4.79 Å². The van der Waals surface area contributed by atoms with Crippen LogP contribution in [0.1, 0.15) is 35.0 Å². The second kappa shape index (κ2) is 7.36. The van der Waals surface area contributed by atoms with Crippen LogP contribution in [0.2, 0.25) is 10.0 Å². The zero-order chi connectivity index (χ0) is 18.0. The van der Waals surface area contributed by atoms with E-state index in [-0.39, 0.29) is 12.2 Å². The van der Waals surface area contributed by atoms with Gasteiger partial charge in [-0.15, -0.1) is 0 Å². The highest BCUT2D eigenvalue weighted by Crippen LogP contribution is 2.39. The number of amidine groups is 1. The van der Waals surface area contributed by atoms with E-state index < -0.39 is 5.54 Å². The summed E-state index contributed by atoms with van der Waals surface area (Å²) in [7, 11) is 0. The molecule has 1 aromatic carbocycles. The molecule has 4 nitrogen and oxygen atoms in total. The molecular formula is C18H17Cl2N3OS. The fourth-order valence-electron chi connectivity index (χ4n) is 2.79. The highest BCUT2D eigenvalue weighted by molar-refractivity contribution is 8.13. The van der Waals surface area contributed by atoms with Crippen LogP contribution in [0.15, 0.2) is 41.5 Å². The second-order valence-electron chi connectivity index (χ2n) is 6.10. The molecule has 0 fully saturated rings. The molecule has 0 radical (unpaired) electrons. The number of hydrogen-bond acceptors (Lipinski definition) is 5. The maximum Gasteiger partial charge on any atom is 0.185 e. The Bertz CT molecular complexity index is 839. The minimum absolute atomic E-state index is 0.0719. The fraction of sp³-hybridized carbons (Fsp3) is 0.278. The molecule has 1 aliphatic rings. The van der Waals surface area contributed by atoms with Gasteiger partial charge in [0.15, 0.2) is 11.0 Å². The molecule has 0 aliphatic carbocycles. The first-order chi connectivity index (χ1) is 11.9. The van der Waals surface area contributed by atoms with Crippen molar-refractivity contribution in [3.8, 4) is 0 Å². The van der Waals surface area contributed by atoms with Crippen molar-refractivity contribution in [2.45, 2.75) is 25.3 Å². The van der Waals surface area contributed by atoms with E-state index in [1.54, 1.807) is 23.9 Å². The number of aliphatic imine (C=N–C) groups is 1. The predicted molar refractivity (Wildman–Crippen MR) is 105 cm³/mol. The quantitative estimate of drug-likeness (QED) is 0.777. The minimum Gasteiger partial charge on any atom is -0.379 e. The molecular weight excluding hydrogens is 377 g/mol. The van der Waals surface area contributed by atoms with Gasteiger partial charge in [-0.05, 0) is 42.7 Å². The number of rotatable bonds is 4. The SMILES string of the molecule is CC1(c2cc(CC(=O)c3ccc(Cl)cn3)ccc2Cl)CCSC(N)=N1. The average molecular weight is 394 g/mol. The number of carbonyl (C=O) groups is 1. The van der Waals surface area contributed by atoms with Crippen molar-refractivity contribution in [1.29, 1.82) is 0 Å². The van der Waals surface area contributed by atoms with Gasteiger partial charge in [0.1, 0.15) is 5.69 Å². The number of nitrogens with zero attached hydrogens (tertiary/aromatic N) is 2. The third kappa shape index (κ3) is 4.17. The molecule has 25 heavy (non-hydrogen) atoms. The van der Waals surface area contributed by atoms with Crippen molar-refractivity contribution in [3.63, 3.8) is 0 Å². The maximum absolute atomic E-state index is 12.4. The lowest BCUT2D eigenvalue weighted by Gasteiger charge is -2.30. The molecule has 130 valence electrons. The molecule has 0 spiro atoms. The van der Waals surface area contributed by atoms with E-state index in [2.05, 4.69) is 9.98 Å². The number of Topliss-reactive ketones (excluding diaryl/α,β-unsaturated/α-hetero) is 1. The molecule has 2 heterocycles. The Kier molecular flexibility index (Phi) is 5.37. The zero-order valence-electron chi connectivity index (χ0n) is 13.6. The first-order valence-electron chi connectivity index (χ1n) is 7.79. The number of hydrogen-bond donors (Lipinski definition) is 1. The van der Waals surface area contributed by atoms with Crippen LogP contribution in [0.3, 0.4) is 0 Å². The summed E-state index contributed by atoms with van der Waals surface area (Å²) in [4.78, 5) is 21.1. The monoisotopic (exact) mass is 393 g/mol. The Hall–Kier alpha value is -1.56. The Morgan fingerprint density at radius 3 is 2.80 bits per heavy atom. The molecule has 2 aromatic rings. The third-order valence-corrected chi connectivity index (χ3v) is 5.53. The zero-order valence-corrected chi connectivity index (χ0v) is 16.0. The van der Waals surface area contributed by atoms with Gasteiger partial charge in [0.2, 0.25) is 0 Å². The fourth-order valence-corrected chi connectivity index (χ4v) is 4.20. The number of aromatic nitrogens is 1. The number of nitrogens with two attached hydrogens (primary N) is 1. The van der Waals surface area contributed by atoms with Crippen LogP contribution in [0.5, 0.6) is 0 Å². The average Bonchev–Trinajstić information content (AvgIpc) is 2.57. The lowest BCUT2D eigenvalue weighted by atomic mass is 9.88. The normalized spacial score (nSPS) is 20.2. The number of ketones is 1. The number of thioether (sulfide) groups is 1. The molecule has 1 unspecified atom stereocenters. The summed E-state index contributed by atoms with van der Waals surface area (Å²) >= 11 is 13.8.